The van der Waals surface area contributed by atoms with Crippen LogP contribution in [0.1, 0.15) is 15.9 Å². The monoisotopic (exact) mass is 565 g/mol. The Morgan fingerprint density at radius 3 is 2.65 bits per heavy atom. The van der Waals surface area contributed by atoms with E-state index in [1.54, 1.807) is 29.8 Å². The number of carbonyl (C=O) groups is 1. The van der Waals surface area contributed by atoms with Crippen molar-refractivity contribution < 1.29 is 18.0 Å². The lowest BCUT2D eigenvalue weighted by atomic mass is 10.1. The number of alkyl halides is 3. The molecule has 0 bridgehead atoms. The van der Waals surface area contributed by atoms with Crippen LogP contribution in [0.2, 0.25) is 0 Å². The van der Waals surface area contributed by atoms with Crippen LogP contribution in [0.25, 0.3) is 21.3 Å². The molecule has 3 heterocycles. The Morgan fingerprint density at radius 1 is 1.05 bits per heavy atom. The van der Waals surface area contributed by atoms with E-state index in [-0.39, 0.29) is 11.5 Å². The number of aromatic nitrogens is 3. The SMILES string of the molecule is CN1CCN(c2cc3nc(Nc4ccccc4CC(F)(F)F)[nH]c3cc2C(=O)Nc2ccc3ncsc3c2)CC1. The van der Waals surface area contributed by atoms with Gasteiger partial charge in [0.15, 0.2) is 0 Å². The van der Waals surface area contributed by atoms with Gasteiger partial charge in [-0.1, -0.05) is 18.2 Å². The number of carbonyl (C=O) groups excluding carboxylic acids is 1. The summed E-state index contributed by atoms with van der Waals surface area (Å²) in [4.78, 5) is 30.0. The van der Waals surface area contributed by atoms with Gasteiger partial charge in [0.25, 0.3) is 5.91 Å². The number of halogens is 3. The summed E-state index contributed by atoms with van der Waals surface area (Å²) in [7, 11) is 2.06. The summed E-state index contributed by atoms with van der Waals surface area (Å²) in [6.45, 7) is 3.19. The van der Waals surface area contributed by atoms with Gasteiger partial charge in [-0.2, -0.15) is 13.2 Å². The van der Waals surface area contributed by atoms with Gasteiger partial charge in [0, 0.05) is 37.6 Å². The molecule has 6 rings (SSSR count). The first-order chi connectivity index (χ1) is 19.2. The number of thiazole rings is 1. The summed E-state index contributed by atoms with van der Waals surface area (Å²) < 4.78 is 40.3. The summed E-state index contributed by atoms with van der Waals surface area (Å²) in [5.74, 6) is 0.0292. The highest BCUT2D eigenvalue weighted by Gasteiger charge is 2.29. The van der Waals surface area contributed by atoms with Crippen LogP contribution in [-0.4, -0.2) is 65.2 Å². The molecule has 2 aromatic heterocycles. The Labute approximate surface area is 231 Å². The number of benzene rings is 3. The minimum atomic E-state index is -4.34. The van der Waals surface area contributed by atoms with Gasteiger partial charge < -0.3 is 25.4 Å². The highest BCUT2D eigenvalue weighted by atomic mass is 32.1. The minimum Gasteiger partial charge on any atom is -0.368 e. The number of anilines is 4. The Balaban J connectivity index is 1.34. The van der Waals surface area contributed by atoms with Crippen molar-refractivity contribution in [3.8, 4) is 0 Å². The zero-order chi connectivity index (χ0) is 27.9. The largest absolute Gasteiger partial charge is 0.393 e. The van der Waals surface area contributed by atoms with Crippen LogP contribution >= 0.6 is 11.3 Å². The Bertz CT molecular complexity index is 1690. The third-order valence-corrected chi connectivity index (χ3v) is 7.73. The first kappa shape index (κ1) is 26.1. The third-order valence-electron chi connectivity index (χ3n) is 6.94. The minimum absolute atomic E-state index is 0.117. The summed E-state index contributed by atoms with van der Waals surface area (Å²) in [6.07, 6.45) is -5.39. The second kappa shape index (κ2) is 10.4. The molecule has 0 atom stereocenters. The quantitative estimate of drug-likeness (QED) is 0.233. The highest BCUT2D eigenvalue weighted by molar-refractivity contribution is 7.16. The molecular weight excluding hydrogens is 539 g/mol. The lowest BCUT2D eigenvalue weighted by molar-refractivity contribution is -0.127. The predicted molar refractivity (Wildman–Crippen MR) is 153 cm³/mol. The number of amides is 1. The molecule has 5 aromatic rings. The van der Waals surface area contributed by atoms with Crippen LogP contribution in [0.5, 0.6) is 0 Å². The molecule has 0 spiro atoms. The lowest BCUT2D eigenvalue weighted by Crippen LogP contribution is -2.45. The molecule has 0 unspecified atom stereocenters. The van der Waals surface area contributed by atoms with Crippen LogP contribution in [0, 0.1) is 0 Å². The fourth-order valence-corrected chi connectivity index (χ4v) is 5.58. The second-order valence-corrected chi connectivity index (χ2v) is 10.7. The fraction of sp³-hybridized carbons (Fsp3) is 0.250. The average Bonchev–Trinajstić information content (AvgIpc) is 3.54. The smallest absolute Gasteiger partial charge is 0.368 e. The normalized spacial score (nSPS) is 14.7. The van der Waals surface area contributed by atoms with Gasteiger partial charge in [-0.05, 0) is 49.0 Å². The predicted octanol–water partition coefficient (Wildman–Crippen LogP) is 6.03. The molecule has 1 fully saturated rings. The zero-order valence-corrected chi connectivity index (χ0v) is 22.4. The van der Waals surface area contributed by atoms with Crippen molar-refractivity contribution in [3.05, 3.63) is 71.2 Å². The van der Waals surface area contributed by atoms with Crippen LogP contribution < -0.4 is 15.5 Å². The number of para-hydroxylation sites is 1. The number of likely N-dealkylation sites (N-methyl/N-ethyl adjacent to an activating group) is 1. The van der Waals surface area contributed by atoms with Crippen LogP contribution in [0.4, 0.5) is 36.2 Å². The molecule has 0 saturated carbocycles. The summed E-state index contributed by atoms with van der Waals surface area (Å²) in [5, 5.41) is 6.02. The highest BCUT2D eigenvalue weighted by Crippen LogP contribution is 2.32. The molecule has 8 nitrogen and oxygen atoms in total. The number of H-pyrrole nitrogens is 1. The van der Waals surface area contributed by atoms with Crippen molar-refractivity contribution in [1.29, 1.82) is 0 Å². The van der Waals surface area contributed by atoms with E-state index in [1.165, 1.54) is 17.4 Å². The van der Waals surface area contributed by atoms with Gasteiger partial charge in [0.2, 0.25) is 5.95 Å². The molecule has 206 valence electrons. The summed E-state index contributed by atoms with van der Waals surface area (Å²) in [6, 6.07) is 15.5. The van der Waals surface area contributed by atoms with Crippen LogP contribution in [-0.2, 0) is 6.42 Å². The first-order valence-corrected chi connectivity index (χ1v) is 13.6. The van der Waals surface area contributed by atoms with Gasteiger partial charge >= 0.3 is 6.18 Å². The van der Waals surface area contributed by atoms with E-state index in [0.29, 0.717) is 33.9 Å². The molecule has 0 radical (unpaired) electrons. The van der Waals surface area contributed by atoms with Crippen molar-refractivity contribution in [2.24, 2.45) is 0 Å². The van der Waals surface area contributed by atoms with E-state index in [1.807, 2.05) is 24.3 Å². The van der Waals surface area contributed by atoms with Crippen molar-refractivity contribution >= 4 is 61.5 Å². The number of nitrogens with one attached hydrogen (secondary N) is 3. The fourth-order valence-electron chi connectivity index (χ4n) is 4.87. The molecule has 1 aliphatic rings. The molecule has 3 N–H and O–H groups in total. The van der Waals surface area contributed by atoms with Crippen LogP contribution in [0.3, 0.4) is 0 Å². The number of rotatable bonds is 6. The van der Waals surface area contributed by atoms with Gasteiger partial charge in [0.1, 0.15) is 0 Å². The van der Waals surface area contributed by atoms with Crippen molar-refractivity contribution in [1.82, 2.24) is 19.9 Å². The van der Waals surface area contributed by atoms with Crippen molar-refractivity contribution in [3.63, 3.8) is 0 Å². The van der Waals surface area contributed by atoms with Gasteiger partial charge in [-0.15, -0.1) is 11.3 Å². The molecule has 1 saturated heterocycles. The maximum atomic E-state index is 13.6. The van der Waals surface area contributed by atoms with E-state index >= 15 is 0 Å². The standard InChI is InChI=1S/C28H26F3N7OS/c1-37-8-10-38(11-9-37)24-14-23-22(13-19(24)26(39)33-18-6-7-21-25(12-18)40-16-32-21)35-27(36-23)34-20-5-3-2-4-17(20)15-28(29,30)31/h2-7,12-14,16H,8-11,15H2,1H3,(H,33,39)(H2,34,35,36). The molecule has 3 aromatic carbocycles. The van der Waals surface area contributed by atoms with Gasteiger partial charge in [0.05, 0.1) is 44.4 Å². The molecule has 40 heavy (non-hydrogen) atoms. The lowest BCUT2D eigenvalue weighted by Gasteiger charge is -2.35. The Hall–Kier alpha value is -4.16. The number of imidazole rings is 1. The number of aromatic amines is 1. The number of piperazine rings is 1. The van der Waals surface area contributed by atoms with E-state index in [0.717, 1.165) is 42.1 Å². The molecule has 1 aliphatic heterocycles. The second-order valence-electron chi connectivity index (χ2n) is 9.83. The molecule has 0 aliphatic carbocycles. The van der Waals surface area contributed by atoms with Gasteiger partial charge in [-0.25, -0.2) is 9.97 Å². The maximum absolute atomic E-state index is 13.6. The van der Waals surface area contributed by atoms with E-state index in [2.05, 4.69) is 42.4 Å². The Morgan fingerprint density at radius 2 is 1.85 bits per heavy atom. The zero-order valence-electron chi connectivity index (χ0n) is 21.5. The third kappa shape index (κ3) is 5.58. The number of hydrogen-bond donors (Lipinski definition) is 3. The molecule has 1 amide bonds. The number of hydrogen-bond acceptors (Lipinski definition) is 7. The Kier molecular flexibility index (Phi) is 6.80. The molecular formula is C28H26F3N7OS. The van der Waals surface area contributed by atoms with Crippen molar-refractivity contribution in [2.75, 3.05) is 48.8 Å². The van der Waals surface area contributed by atoms with Crippen LogP contribution in [0.15, 0.2) is 60.1 Å². The maximum Gasteiger partial charge on any atom is 0.393 e. The number of nitrogens with zero attached hydrogens (tertiary/aromatic N) is 4. The molecule has 12 heteroatoms. The number of fused-ring (bicyclic) bond motifs is 2. The van der Waals surface area contributed by atoms with Crippen molar-refractivity contribution in [2.45, 2.75) is 12.6 Å². The van der Waals surface area contributed by atoms with E-state index in [9.17, 15) is 18.0 Å². The van der Waals surface area contributed by atoms with E-state index < -0.39 is 12.6 Å². The average molecular weight is 566 g/mol. The van der Waals surface area contributed by atoms with E-state index in [4.69, 9.17) is 0 Å². The summed E-state index contributed by atoms with van der Waals surface area (Å²) >= 11 is 1.50. The summed E-state index contributed by atoms with van der Waals surface area (Å²) in [5.41, 5.74) is 6.17. The first-order valence-electron chi connectivity index (χ1n) is 12.8. The topological polar surface area (TPSA) is 89.2 Å². The van der Waals surface area contributed by atoms with Gasteiger partial charge in [-0.3, -0.25) is 4.79 Å².